The number of oxime groups is 1. The largest absolute Gasteiger partial charge is 0.447 e. The topological polar surface area (TPSA) is 361 Å². The molecule has 0 spiro atoms. The van der Waals surface area contributed by atoms with E-state index < -0.39 is 161 Å². The number of ketones is 2. The average Bonchev–Trinajstić information content (AvgIpc) is 0.954. The minimum atomic E-state index is -1.45. The van der Waals surface area contributed by atoms with Crippen LogP contribution in [0.15, 0.2) is 151 Å². The van der Waals surface area contributed by atoms with Crippen molar-refractivity contribution < 1.29 is 144 Å². The lowest BCUT2D eigenvalue weighted by molar-refractivity contribution is -0.236. The highest BCUT2D eigenvalue weighted by atomic mass is 35.5. The van der Waals surface area contributed by atoms with Crippen LogP contribution in [0.4, 0.5) is 79.8 Å². The molecule has 4 atom stereocenters. The summed E-state index contributed by atoms with van der Waals surface area (Å²) >= 11 is 0. The Balaban J connectivity index is 0.000000604. The Labute approximate surface area is 598 Å². The minimum Gasteiger partial charge on any atom is -0.447 e. The average molecular weight is 1550 g/mol. The number of Topliss-reactive ketones (excluding diaryl/α,β-unsaturated/α-hetero) is 2. The van der Waals surface area contributed by atoms with Crippen LogP contribution in [-0.2, 0) is 24.7 Å². The van der Waals surface area contributed by atoms with Crippen LogP contribution in [0, 0.1) is 93.1 Å². The monoisotopic (exact) mass is 1550 g/mol. The van der Waals surface area contributed by atoms with Gasteiger partial charge in [0.05, 0.1) is 44.0 Å². The molecular formula is C68H67ClF16N6O15. The zero-order chi connectivity index (χ0) is 79.4. The number of methoxy groups -OCH3 is 2. The summed E-state index contributed by atoms with van der Waals surface area (Å²) in [5, 5.41) is 65.9. The summed E-state index contributed by atoms with van der Waals surface area (Å²) in [5.74, 6) is -14.3. The molecule has 15 N–H and O–H groups in total. The van der Waals surface area contributed by atoms with Gasteiger partial charge in [-0.25, -0.2) is 85.7 Å². The molecule has 0 saturated carbocycles. The van der Waals surface area contributed by atoms with Crippen molar-refractivity contribution in [3.63, 3.8) is 0 Å². The number of hydrogen-bond acceptors (Lipinski definition) is 19. The number of nitrogens with two attached hydrogens (primary N) is 3. The molecule has 2 saturated heterocycles. The number of carbonyl (C=O) groups excluding carboxylic acids is 4. The van der Waals surface area contributed by atoms with E-state index in [9.17, 15) is 89.4 Å². The zero-order valence-corrected chi connectivity index (χ0v) is 56.0. The molecule has 0 bridgehead atoms. The number of halogens is 17. The molecule has 2 heterocycles. The molecule has 3 unspecified atom stereocenters. The number of amides is 2. The molecule has 0 radical (unpaired) electrons. The van der Waals surface area contributed by atoms with E-state index in [1.165, 1.54) is 63.6 Å². The maximum atomic E-state index is 13.0. The van der Waals surface area contributed by atoms with Gasteiger partial charge in [0.15, 0.2) is 105 Å². The predicted molar refractivity (Wildman–Crippen MR) is 346 cm³/mol. The number of carbonyl (C=O) groups is 4. The highest BCUT2D eigenvalue weighted by Crippen LogP contribution is 2.28. The van der Waals surface area contributed by atoms with Crippen LogP contribution in [0.1, 0.15) is 85.2 Å². The first-order valence-corrected chi connectivity index (χ1v) is 29.3. The summed E-state index contributed by atoms with van der Waals surface area (Å²) in [4.78, 5) is 42.7. The first-order valence-electron chi connectivity index (χ1n) is 29.3. The van der Waals surface area contributed by atoms with E-state index in [0.29, 0.717) is 22.3 Å². The Kier molecular flexibility index (Phi) is 41.9. The van der Waals surface area contributed by atoms with Crippen LogP contribution in [-0.4, -0.2) is 126 Å². The summed E-state index contributed by atoms with van der Waals surface area (Å²) in [7, 11) is 2.61. The van der Waals surface area contributed by atoms with Gasteiger partial charge in [-0.2, -0.15) is 0 Å². The molecule has 2 amide bonds. The van der Waals surface area contributed by atoms with Gasteiger partial charge in [-0.05, 0) is 144 Å². The molecular weight excluding hydrogens is 1480 g/mol. The second-order valence-electron chi connectivity index (χ2n) is 20.5. The van der Waals surface area contributed by atoms with Gasteiger partial charge in [-0.3, -0.25) is 9.59 Å². The van der Waals surface area contributed by atoms with Gasteiger partial charge < -0.3 is 77.0 Å². The highest BCUT2D eigenvalue weighted by molar-refractivity contribution is 6.01. The van der Waals surface area contributed by atoms with Crippen LogP contribution in [0.2, 0.25) is 0 Å². The van der Waals surface area contributed by atoms with E-state index in [1.807, 2.05) is 0 Å². The Morgan fingerprint density at radius 3 is 1.06 bits per heavy atom. The molecule has 38 heteroatoms. The van der Waals surface area contributed by atoms with E-state index in [1.54, 1.807) is 0 Å². The van der Waals surface area contributed by atoms with Crippen molar-refractivity contribution >= 4 is 41.9 Å². The van der Waals surface area contributed by atoms with E-state index in [0.717, 1.165) is 103 Å². The van der Waals surface area contributed by atoms with Crippen LogP contribution < -0.4 is 28.0 Å². The summed E-state index contributed by atoms with van der Waals surface area (Å²) in [5.41, 5.74) is 12.9. The van der Waals surface area contributed by atoms with Crippen LogP contribution >= 0.6 is 12.4 Å². The first kappa shape index (κ1) is 93.9. The minimum absolute atomic E-state index is 0. The number of benzene rings is 8. The lowest BCUT2D eigenvalue weighted by Gasteiger charge is -2.29. The molecule has 10 rings (SSSR count). The van der Waals surface area contributed by atoms with Crippen LogP contribution in [0.25, 0.3) is 0 Å². The van der Waals surface area contributed by atoms with Crippen molar-refractivity contribution in [2.45, 2.75) is 36.9 Å². The number of nitrogens with one attached hydrogen (secondary N) is 2. The third kappa shape index (κ3) is 29.8. The number of rotatable bonds is 15. The van der Waals surface area contributed by atoms with Gasteiger partial charge in [0.25, 0.3) is 0 Å². The normalized spacial score (nSPS) is 13.6. The maximum Gasteiger partial charge on any atom is 0.407 e. The van der Waals surface area contributed by atoms with Crippen molar-refractivity contribution in [1.29, 1.82) is 0 Å². The fraction of sp³-hybridized carbons (Fsp3) is 0.221. The number of alkyl carbamates (subject to hydrolysis) is 2. The molecule has 2 fully saturated rings. The van der Waals surface area contributed by atoms with Gasteiger partial charge in [0.1, 0.15) is 32.1 Å². The molecule has 2 aliphatic heterocycles. The van der Waals surface area contributed by atoms with Gasteiger partial charge >= 0.3 is 12.2 Å². The molecule has 106 heavy (non-hydrogen) atoms. The van der Waals surface area contributed by atoms with Crippen molar-refractivity contribution in [3.8, 4) is 0 Å². The number of cyclic esters (lactones) is 2. The second-order valence-corrected chi connectivity index (χ2v) is 20.5. The Bertz CT molecular complexity index is 4040. The zero-order valence-electron chi connectivity index (χ0n) is 55.1. The summed E-state index contributed by atoms with van der Waals surface area (Å²) in [6.07, 6.45) is -1.08. The molecule has 2 aliphatic rings. The maximum absolute atomic E-state index is 13.0. The molecule has 21 nitrogen and oxygen atoms in total. The van der Waals surface area contributed by atoms with Crippen LogP contribution in [0.3, 0.4) is 0 Å². The summed E-state index contributed by atoms with van der Waals surface area (Å²) < 4.78 is 220. The SMILES string of the molecule is CC(=O)c1ccc(F)c(F)c1.COC(CO)(OC)c1ccc(F)c(F)c1.Cl.NC(CO)c1ccc(F)c(F)c1.NC(CO)c1ccc(F)c(F)c1.NO.O=C(CO)c1ccc(F)c(F)c1.O=C1NC(c2ccc(F)c(F)c2)CO1.O=C1N[C@@H](c2ccc(F)c(F)c2)CO1.OCC(=NO)c1ccc(F)c(F)c1. The predicted octanol–water partition coefficient (Wildman–Crippen LogP) is 11.0. The van der Waals surface area contributed by atoms with Gasteiger partial charge in [0.2, 0.25) is 5.79 Å². The molecule has 8 aromatic carbocycles. The fourth-order valence-corrected chi connectivity index (χ4v) is 7.89. The molecule has 0 aliphatic carbocycles. The Hall–Kier alpha value is -10.2. The number of hydrogen-bond donors (Lipinski definition) is 12. The summed E-state index contributed by atoms with van der Waals surface area (Å²) in [6.45, 7) is -0.728. The number of ether oxygens (including phenoxy) is 4. The third-order valence-corrected chi connectivity index (χ3v) is 13.6. The first-order chi connectivity index (χ1) is 49.7. The van der Waals surface area contributed by atoms with Crippen molar-refractivity contribution in [2.24, 2.45) is 22.5 Å². The quantitative estimate of drug-likeness (QED) is 0.0113. The lowest BCUT2D eigenvalue weighted by Crippen LogP contribution is -2.35. The molecule has 8 aromatic rings. The second kappa shape index (κ2) is 47.3. The number of aliphatic hydroxyl groups excluding tert-OH is 5. The van der Waals surface area contributed by atoms with Gasteiger partial charge in [-0.1, -0.05) is 35.5 Å². The standard InChI is InChI=1S/C10H12F2O3.2C9H7F2NO2.C8H7F2NO2.2C8H9F2NO.C8H6F2O2.C8H6F2O.ClH.H3NO/c1-14-10(6-13,15-2)7-3-4-8(11)9(12)5-7;2*10-6-2-1-5(3-7(6)11)8-4-14-9(13)12-8;9-6-2-1-5(3-7(6)10)8(4-12)11-13;2*9-6-2-1-5(3-7(6)10)8(11)4-12;9-6-2-1-5(3-7(6)10)8(12)4-11;1-5(11)6-2-3-7(9)8(10)4-6;;1-2/h3-5,13H,6H2,1-2H3;2*1-3,8H,4H2,(H,12,13);1-3,12-13H,4H2;2*1-3,8,12H,4,11H2;1-3,11H,4H2;2-4H,1H3;1H;2H,1H2/t;8-;;;;;;;;/m.1......../s1. The molecule has 0 aromatic heterocycles. The fourth-order valence-electron chi connectivity index (χ4n) is 7.89. The third-order valence-electron chi connectivity index (χ3n) is 13.6. The van der Waals surface area contributed by atoms with Gasteiger partial charge in [-0.15, -0.1) is 12.4 Å². The van der Waals surface area contributed by atoms with E-state index in [-0.39, 0.29) is 72.6 Å². The Morgan fingerprint density at radius 1 is 0.462 bits per heavy atom. The Morgan fingerprint density at radius 2 is 0.774 bits per heavy atom. The number of nitrogens with zero attached hydrogens (tertiary/aromatic N) is 1. The lowest BCUT2D eigenvalue weighted by atomic mass is 10.1. The molecule has 578 valence electrons. The smallest absolute Gasteiger partial charge is 0.407 e. The highest BCUT2D eigenvalue weighted by Gasteiger charge is 2.32. The van der Waals surface area contributed by atoms with Crippen LogP contribution in [0.5, 0.6) is 0 Å². The van der Waals surface area contributed by atoms with E-state index in [4.69, 9.17) is 56.9 Å². The van der Waals surface area contributed by atoms with E-state index >= 15 is 0 Å². The summed E-state index contributed by atoms with van der Waals surface area (Å²) in [6, 6.07) is 23.4. The van der Waals surface area contributed by atoms with Crippen molar-refractivity contribution in [2.75, 3.05) is 60.5 Å². The van der Waals surface area contributed by atoms with Crippen molar-refractivity contribution in [1.82, 2.24) is 10.6 Å². The van der Waals surface area contributed by atoms with Crippen molar-refractivity contribution in [3.05, 3.63) is 283 Å². The van der Waals surface area contributed by atoms with Gasteiger partial charge in [0, 0.05) is 36.5 Å². The number of aliphatic hydroxyl groups is 5. The van der Waals surface area contributed by atoms with E-state index in [2.05, 4.69) is 31.2 Å².